The lowest BCUT2D eigenvalue weighted by Gasteiger charge is -2.05. The topological polar surface area (TPSA) is 80.9 Å². The Bertz CT molecular complexity index is 595. The van der Waals surface area contributed by atoms with Gasteiger partial charge in [-0.15, -0.1) is 0 Å². The number of nitrogens with zero attached hydrogens (tertiary/aromatic N) is 3. The van der Waals surface area contributed by atoms with Crippen LogP contribution in [0.4, 0.5) is 5.82 Å². The van der Waals surface area contributed by atoms with Gasteiger partial charge in [-0.1, -0.05) is 18.1 Å². The lowest BCUT2D eigenvalue weighted by Crippen LogP contribution is -2.13. The van der Waals surface area contributed by atoms with E-state index < -0.39 is 0 Å². The van der Waals surface area contributed by atoms with Gasteiger partial charge in [0.05, 0.1) is 0 Å². The van der Waals surface area contributed by atoms with Crippen LogP contribution in [-0.4, -0.2) is 21.0 Å². The van der Waals surface area contributed by atoms with E-state index in [2.05, 4.69) is 27.4 Å². The van der Waals surface area contributed by atoms with Gasteiger partial charge < -0.3 is 9.84 Å². The fourth-order valence-corrected chi connectivity index (χ4v) is 1.93. The van der Waals surface area contributed by atoms with Crippen molar-refractivity contribution in [1.29, 1.82) is 0 Å². The van der Waals surface area contributed by atoms with E-state index in [0.717, 1.165) is 24.2 Å². The van der Waals surface area contributed by atoms with E-state index in [0.29, 0.717) is 31.0 Å². The van der Waals surface area contributed by atoms with E-state index >= 15 is 0 Å². The van der Waals surface area contributed by atoms with Crippen LogP contribution < -0.4 is 5.32 Å². The zero-order chi connectivity index (χ0) is 15.1. The number of hydrogen-bond acceptors (Lipinski definition) is 5. The molecule has 0 fully saturated rings. The third kappa shape index (κ3) is 4.66. The summed E-state index contributed by atoms with van der Waals surface area (Å²) in [6.45, 7) is 3.98. The molecule has 0 unspecified atom stereocenters. The summed E-state index contributed by atoms with van der Waals surface area (Å²) in [6, 6.07) is 3.75. The van der Waals surface area contributed by atoms with Crippen molar-refractivity contribution >= 4 is 11.7 Å². The van der Waals surface area contributed by atoms with Crippen molar-refractivity contribution < 1.29 is 9.32 Å². The van der Waals surface area contributed by atoms with Crippen molar-refractivity contribution in [2.45, 2.75) is 46.0 Å². The molecule has 0 aliphatic heterocycles. The number of anilines is 1. The molecule has 6 nitrogen and oxygen atoms in total. The van der Waals surface area contributed by atoms with E-state index in [1.54, 1.807) is 6.20 Å². The number of rotatable bonds is 7. The van der Waals surface area contributed by atoms with Crippen molar-refractivity contribution in [3.8, 4) is 0 Å². The monoisotopic (exact) mass is 288 g/mol. The van der Waals surface area contributed by atoms with Gasteiger partial charge in [0.15, 0.2) is 5.82 Å². The average Bonchev–Trinajstić information content (AvgIpc) is 2.89. The van der Waals surface area contributed by atoms with Crippen molar-refractivity contribution in [3.05, 3.63) is 35.6 Å². The van der Waals surface area contributed by atoms with E-state index in [9.17, 15) is 4.79 Å². The van der Waals surface area contributed by atoms with Gasteiger partial charge in [-0.25, -0.2) is 4.98 Å². The minimum atomic E-state index is -0.0508. The number of pyridine rings is 1. The van der Waals surface area contributed by atoms with Crippen molar-refractivity contribution in [2.24, 2.45) is 0 Å². The second-order valence-electron chi connectivity index (χ2n) is 4.92. The molecular weight excluding hydrogens is 268 g/mol. The molecule has 0 aliphatic carbocycles. The zero-order valence-corrected chi connectivity index (χ0v) is 12.4. The molecule has 0 aliphatic rings. The van der Waals surface area contributed by atoms with Gasteiger partial charge in [-0.3, -0.25) is 4.79 Å². The quantitative estimate of drug-likeness (QED) is 0.847. The standard InChI is InChI=1S/C15H20N4O2/c1-3-6-12-17-14(21-19-12)9-4-8-13(20)18-15-11(2)7-5-10-16-15/h5,7,10H,3-4,6,8-9H2,1-2H3,(H,16,18,20). The predicted molar refractivity (Wildman–Crippen MR) is 78.8 cm³/mol. The van der Waals surface area contributed by atoms with Gasteiger partial charge in [0.1, 0.15) is 5.82 Å². The number of hydrogen-bond donors (Lipinski definition) is 1. The van der Waals surface area contributed by atoms with E-state index in [1.807, 2.05) is 19.1 Å². The molecule has 2 rings (SSSR count). The summed E-state index contributed by atoms with van der Waals surface area (Å²) in [5, 5.41) is 6.69. The maximum absolute atomic E-state index is 11.8. The van der Waals surface area contributed by atoms with Gasteiger partial charge in [0, 0.05) is 25.5 Å². The summed E-state index contributed by atoms with van der Waals surface area (Å²) in [7, 11) is 0. The van der Waals surface area contributed by atoms with Gasteiger partial charge in [-0.05, 0) is 31.4 Å². The Morgan fingerprint density at radius 3 is 3.00 bits per heavy atom. The lowest BCUT2D eigenvalue weighted by atomic mass is 10.2. The van der Waals surface area contributed by atoms with Crippen LogP contribution in [0.3, 0.4) is 0 Å². The highest BCUT2D eigenvalue weighted by Crippen LogP contribution is 2.10. The van der Waals surface area contributed by atoms with Gasteiger partial charge in [0.25, 0.3) is 0 Å². The molecule has 0 saturated heterocycles. The van der Waals surface area contributed by atoms with E-state index in [1.165, 1.54) is 0 Å². The van der Waals surface area contributed by atoms with Crippen LogP contribution in [-0.2, 0) is 17.6 Å². The fourth-order valence-electron chi connectivity index (χ4n) is 1.93. The molecule has 2 aromatic heterocycles. The maximum Gasteiger partial charge on any atom is 0.226 e. The fraction of sp³-hybridized carbons (Fsp3) is 0.467. The summed E-state index contributed by atoms with van der Waals surface area (Å²) in [6.07, 6.45) is 5.17. The Morgan fingerprint density at radius 2 is 2.24 bits per heavy atom. The number of amides is 1. The van der Waals surface area contributed by atoms with Gasteiger partial charge in [0.2, 0.25) is 11.8 Å². The molecule has 0 atom stereocenters. The molecule has 0 aromatic carbocycles. The van der Waals surface area contributed by atoms with E-state index in [4.69, 9.17) is 4.52 Å². The largest absolute Gasteiger partial charge is 0.339 e. The summed E-state index contributed by atoms with van der Waals surface area (Å²) in [4.78, 5) is 20.3. The highest BCUT2D eigenvalue weighted by atomic mass is 16.5. The number of carbonyl (C=O) groups is 1. The first kappa shape index (κ1) is 15.2. The Kier molecular flexibility index (Phi) is 5.43. The second-order valence-corrected chi connectivity index (χ2v) is 4.92. The molecule has 0 saturated carbocycles. The smallest absolute Gasteiger partial charge is 0.226 e. The molecule has 0 radical (unpaired) electrons. The molecule has 1 amide bonds. The number of nitrogens with one attached hydrogen (secondary N) is 1. The van der Waals surface area contributed by atoms with E-state index in [-0.39, 0.29) is 5.91 Å². The molecular formula is C15H20N4O2. The van der Waals surface area contributed by atoms with Crippen LogP contribution in [0, 0.1) is 6.92 Å². The van der Waals surface area contributed by atoms with Crippen LogP contribution in [0.25, 0.3) is 0 Å². The first-order valence-corrected chi connectivity index (χ1v) is 7.22. The molecule has 0 spiro atoms. The number of aryl methyl sites for hydroxylation is 3. The van der Waals surface area contributed by atoms with Crippen LogP contribution >= 0.6 is 0 Å². The zero-order valence-electron chi connectivity index (χ0n) is 12.4. The minimum absolute atomic E-state index is 0.0508. The van der Waals surface area contributed by atoms with Gasteiger partial charge >= 0.3 is 0 Å². The first-order valence-electron chi connectivity index (χ1n) is 7.22. The maximum atomic E-state index is 11.8. The third-order valence-electron chi connectivity index (χ3n) is 3.05. The normalized spacial score (nSPS) is 10.6. The molecule has 0 bridgehead atoms. The Balaban J connectivity index is 1.75. The van der Waals surface area contributed by atoms with Crippen LogP contribution in [0.1, 0.15) is 43.5 Å². The summed E-state index contributed by atoms with van der Waals surface area (Å²) >= 11 is 0. The highest BCUT2D eigenvalue weighted by Gasteiger charge is 2.08. The summed E-state index contributed by atoms with van der Waals surface area (Å²) in [5.74, 6) is 1.90. The molecule has 112 valence electrons. The molecule has 21 heavy (non-hydrogen) atoms. The highest BCUT2D eigenvalue weighted by molar-refractivity contribution is 5.90. The van der Waals surface area contributed by atoms with Crippen LogP contribution in [0.15, 0.2) is 22.9 Å². The third-order valence-corrected chi connectivity index (χ3v) is 3.05. The first-order chi connectivity index (χ1) is 10.2. The second kappa shape index (κ2) is 7.52. The SMILES string of the molecule is CCCc1noc(CCCC(=O)Nc2ncccc2C)n1. The Hall–Kier alpha value is -2.24. The Morgan fingerprint density at radius 1 is 1.38 bits per heavy atom. The lowest BCUT2D eigenvalue weighted by molar-refractivity contribution is -0.116. The number of carbonyl (C=O) groups excluding carboxylic acids is 1. The summed E-state index contributed by atoms with van der Waals surface area (Å²) < 4.78 is 5.13. The van der Waals surface area contributed by atoms with Crippen molar-refractivity contribution in [2.75, 3.05) is 5.32 Å². The molecule has 1 N–H and O–H groups in total. The van der Waals surface area contributed by atoms with Crippen molar-refractivity contribution in [1.82, 2.24) is 15.1 Å². The molecule has 2 aromatic rings. The van der Waals surface area contributed by atoms with Gasteiger partial charge in [-0.2, -0.15) is 4.98 Å². The number of aromatic nitrogens is 3. The van der Waals surface area contributed by atoms with Crippen LogP contribution in [0.5, 0.6) is 0 Å². The molecule has 6 heteroatoms. The predicted octanol–water partition coefficient (Wildman–Crippen LogP) is 2.69. The summed E-state index contributed by atoms with van der Waals surface area (Å²) in [5.41, 5.74) is 0.951. The molecule has 2 heterocycles. The Labute approximate surface area is 124 Å². The average molecular weight is 288 g/mol. The van der Waals surface area contributed by atoms with Crippen molar-refractivity contribution in [3.63, 3.8) is 0 Å². The van der Waals surface area contributed by atoms with Crippen LogP contribution in [0.2, 0.25) is 0 Å². The minimum Gasteiger partial charge on any atom is -0.339 e.